The lowest BCUT2D eigenvalue weighted by molar-refractivity contribution is 0.155. The molecule has 110 valence electrons. The van der Waals surface area contributed by atoms with Gasteiger partial charge in [-0.2, -0.15) is 0 Å². The lowest BCUT2D eigenvalue weighted by Crippen LogP contribution is -2.13. The number of phenolic OH excluding ortho intramolecular Hbond substituents is 1. The summed E-state index contributed by atoms with van der Waals surface area (Å²) in [5, 5.41) is 14.0. The van der Waals surface area contributed by atoms with Crippen LogP contribution >= 0.6 is 0 Å². The van der Waals surface area contributed by atoms with E-state index in [0.29, 0.717) is 5.69 Å². The third-order valence-corrected chi connectivity index (χ3v) is 3.28. The molecule has 0 spiro atoms. The molecule has 0 aromatic heterocycles. The molecule has 3 aromatic rings. The summed E-state index contributed by atoms with van der Waals surface area (Å²) in [6.45, 7) is 0.223. The van der Waals surface area contributed by atoms with Crippen molar-refractivity contribution in [2.45, 2.75) is 6.61 Å². The van der Waals surface area contributed by atoms with E-state index in [1.165, 1.54) is 0 Å². The average molecular weight is 293 g/mol. The van der Waals surface area contributed by atoms with Crippen molar-refractivity contribution in [3.8, 4) is 5.75 Å². The Hall–Kier alpha value is -3.01. The van der Waals surface area contributed by atoms with E-state index in [0.717, 1.165) is 16.3 Å². The number of aromatic hydroxyl groups is 1. The van der Waals surface area contributed by atoms with Crippen LogP contribution in [0.5, 0.6) is 5.75 Å². The Morgan fingerprint density at radius 1 is 0.955 bits per heavy atom. The van der Waals surface area contributed by atoms with Crippen LogP contribution in [0.3, 0.4) is 0 Å². The first-order chi connectivity index (χ1) is 10.7. The maximum absolute atomic E-state index is 11.8. The Labute approximate surface area is 128 Å². The highest BCUT2D eigenvalue weighted by atomic mass is 16.5. The Morgan fingerprint density at radius 3 is 2.55 bits per heavy atom. The highest BCUT2D eigenvalue weighted by molar-refractivity contribution is 5.91. The van der Waals surface area contributed by atoms with Crippen LogP contribution in [-0.2, 0) is 11.3 Å². The van der Waals surface area contributed by atoms with Gasteiger partial charge in [0.05, 0.1) is 0 Å². The Morgan fingerprint density at radius 2 is 1.73 bits per heavy atom. The van der Waals surface area contributed by atoms with Gasteiger partial charge in [0.15, 0.2) is 0 Å². The van der Waals surface area contributed by atoms with Crippen molar-refractivity contribution < 1.29 is 14.6 Å². The van der Waals surface area contributed by atoms with Crippen LogP contribution in [0.4, 0.5) is 10.5 Å². The molecular weight excluding hydrogens is 278 g/mol. The van der Waals surface area contributed by atoms with Crippen LogP contribution < -0.4 is 5.32 Å². The second-order valence-corrected chi connectivity index (χ2v) is 4.93. The molecule has 3 aromatic carbocycles. The minimum Gasteiger partial charge on any atom is -0.508 e. The average Bonchev–Trinajstić information content (AvgIpc) is 2.53. The van der Waals surface area contributed by atoms with Gasteiger partial charge in [0.1, 0.15) is 12.4 Å². The van der Waals surface area contributed by atoms with Crippen LogP contribution in [0.15, 0.2) is 66.7 Å². The highest BCUT2D eigenvalue weighted by Crippen LogP contribution is 2.23. The van der Waals surface area contributed by atoms with Gasteiger partial charge in [-0.05, 0) is 40.6 Å². The normalized spacial score (nSPS) is 10.4. The van der Waals surface area contributed by atoms with Crippen molar-refractivity contribution in [1.82, 2.24) is 0 Å². The minimum absolute atomic E-state index is 0.191. The topological polar surface area (TPSA) is 58.6 Å². The predicted octanol–water partition coefficient (Wildman–Crippen LogP) is 4.29. The van der Waals surface area contributed by atoms with E-state index >= 15 is 0 Å². The molecule has 22 heavy (non-hydrogen) atoms. The van der Waals surface area contributed by atoms with Crippen molar-refractivity contribution in [3.05, 3.63) is 72.3 Å². The van der Waals surface area contributed by atoms with E-state index in [9.17, 15) is 9.90 Å². The number of anilines is 1. The smallest absolute Gasteiger partial charge is 0.411 e. The van der Waals surface area contributed by atoms with E-state index < -0.39 is 6.09 Å². The lowest BCUT2D eigenvalue weighted by Gasteiger charge is -2.08. The second-order valence-electron chi connectivity index (χ2n) is 4.93. The van der Waals surface area contributed by atoms with Crippen molar-refractivity contribution >= 4 is 22.6 Å². The maximum atomic E-state index is 11.8. The molecule has 0 heterocycles. The molecule has 4 heteroatoms. The number of phenols is 1. The van der Waals surface area contributed by atoms with Crippen molar-refractivity contribution in [3.63, 3.8) is 0 Å². The summed E-state index contributed by atoms with van der Waals surface area (Å²) < 4.78 is 5.17. The molecule has 0 saturated heterocycles. The van der Waals surface area contributed by atoms with Gasteiger partial charge in [-0.15, -0.1) is 0 Å². The van der Waals surface area contributed by atoms with E-state index in [1.54, 1.807) is 24.3 Å². The second kappa shape index (κ2) is 6.18. The number of rotatable bonds is 3. The number of carbonyl (C=O) groups excluding carboxylic acids is 1. The van der Waals surface area contributed by atoms with Gasteiger partial charge in [0, 0.05) is 5.69 Å². The number of hydrogen-bond acceptors (Lipinski definition) is 3. The molecule has 3 rings (SSSR count). The highest BCUT2D eigenvalue weighted by Gasteiger charge is 2.05. The molecule has 0 saturated carbocycles. The monoisotopic (exact) mass is 293 g/mol. The van der Waals surface area contributed by atoms with Crippen LogP contribution in [-0.4, -0.2) is 11.2 Å². The molecule has 0 radical (unpaired) electrons. The van der Waals surface area contributed by atoms with Gasteiger partial charge in [-0.3, -0.25) is 5.32 Å². The largest absolute Gasteiger partial charge is 0.508 e. The summed E-state index contributed by atoms with van der Waals surface area (Å²) in [6.07, 6.45) is -0.511. The molecule has 0 atom stereocenters. The molecule has 0 aliphatic rings. The molecule has 0 unspecified atom stereocenters. The lowest BCUT2D eigenvalue weighted by atomic mass is 10.1. The van der Waals surface area contributed by atoms with Gasteiger partial charge < -0.3 is 9.84 Å². The van der Waals surface area contributed by atoms with Crippen molar-refractivity contribution in [2.24, 2.45) is 0 Å². The SMILES string of the molecule is O=C(Nc1ccc2ccc(O)cc2c1)OCc1ccccc1. The first-order valence-corrected chi connectivity index (χ1v) is 6.91. The number of hydrogen-bond donors (Lipinski definition) is 2. The summed E-state index contributed by atoms with van der Waals surface area (Å²) in [5.74, 6) is 0.191. The van der Waals surface area contributed by atoms with Crippen LogP contribution in [0.1, 0.15) is 5.56 Å². The zero-order valence-corrected chi connectivity index (χ0v) is 11.8. The number of nitrogens with one attached hydrogen (secondary N) is 1. The summed E-state index contributed by atoms with van der Waals surface area (Å²) in [6, 6.07) is 20.1. The molecule has 0 fully saturated rings. The quantitative estimate of drug-likeness (QED) is 0.757. The van der Waals surface area contributed by atoms with Crippen LogP contribution in [0.25, 0.3) is 10.8 Å². The summed E-state index contributed by atoms with van der Waals surface area (Å²) in [5.41, 5.74) is 1.55. The molecule has 4 nitrogen and oxygen atoms in total. The van der Waals surface area contributed by atoms with Crippen molar-refractivity contribution in [2.75, 3.05) is 5.32 Å². The molecule has 0 bridgehead atoms. The Balaban J connectivity index is 1.66. The Bertz CT molecular complexity index is 800. The van der Waals surface area contributed by atoms with Gasteiger partial charge in [-0.25, -0.2) is 4.79 Å². The van der Waals surface area contributed by atoms with Crippen LogP contribution in [0.2, 0.25) is 0 Å². The van der Waals surface area contributed by atoms with E-state index in [4.69, 9.17) is 4.74 Å². The predicted molar refractivity (Wildman–Crippen MR) is 85.9 cm³/mol. The van der Waals surface area contributed by atoms with Gasteiger partial charge in [0.25, 0.3) is 0 Å². The van der Waals surface area contributed by atoms with Gasteiger partial charge >= 0.3 is 6.09 Å². The number of fused-ring (bicyclic) bond motifs is 1. The fraction of sp³-hybridized carbons (Fsp3) is 0.0556. The zero-order chi connectivity index (χ0) is 15.4. The minimum atomic E-state index is -0.511. The fourth-order valence-electron chi connectivity index (χ4n) is 2.19. The summed E-state index contributed by atoms with van der Waals surface area (Å²) in [7, 11) is 0. The van der Waals surface area contributed by atoms with E-state index in [-0.39, 0.29) is 12.4 Å². The number of amides is 1. The molecule has 1 amide bonds. The molecule has 0 aliphatic heterocycles. The first-order valence-electron chi connectivity index (χ1n) is 6.91. The zero-order valence-electron chi connectivity index (χ0n) is 11.8. The standard InChI is InChI=1S/C18H15NO3/c20-17-9-7-14-6-8-16(10-15(14)11-17)19-18(21)22-12-13-4-2-1-3-5-13/h1-11,20H,12H2,(H,19,21). The van der Waals surface area contributed by atoms with Gasteiger partial charge in [0.2, 0.25) is 0 Å². The van der Waals surface area contributed by atoms with Gasteiger partial charge in [-0.1, -0.05) is 42.5 Å². The first kappa shape index (κ1) is 13.9. The van der Waals surface area contributed by atoms with E-state index in [2.05, 4.69) is 5.32 Å². The molecule has 2 N–H and O–H groups in total. The van der Waals surface area contributed by atoms with Crippen LogP contribution in [0, 0.1) is 0 Å². The third-order valence-electron chi connectivity index (χ3n) is 3.28. The van der Waals surface area contributed by atoms with Crippen molar-refractivity contribution in [1.29, 1.82) is 0 Å². The number of ether oxygens (including phenoxy) is 1. The number of carbonyl (C=O) groups is 1. The fourth-order valence-corrected chi connectivity index (χ4v) is 2.19. The number of benzene rings is 3. The summed E-state index contributed by atoms with van der Waals surface area (Å²) >= 11 is 0. The molecular formula is C18H15NO3. The third kappa shape index (κ3) is 3.35. The Kier molecular flexibility index (Phi) is 3.92. The van der Waals surface area contributed by atoms with E-state index in [1.807, 2.05) is 42.5 Å². The maximum Gasteiger partial charge on any atom is 0.411 e. The molecule has 0 aliphatic carbocycles. The summed E-state index contributed by atoms with van der Waals surface area (Å²) in [4.78, 5) is 11.8.